The lowest BCUT2D eigenvalue weighted by molar-refractivity contribution is 0.600. The highest BCUT2D eigenvalue weighted by Crippen LogP contribution is 2.31. The molecule has 1 N–H and O–H groups in total. The quantitative estimate of drug-likeness (QED) is 0.835. The van der Waals surface area contributed by atoms with Crippen molar-refractivity contribution in [1.82, 2.24) is 5.32 Å². The number of rotatable bonds is 6. The van der Waals surface area contributed by atoms with Crippen LogP contribution in [-0.2, 0) is 12.8 Å². The molecular weight excluding hydrogens is 262 g/mol. The molecule has 0 bridgehead atoms. The molecule has 3 rings (SSSR count). The number of nitrogens with one attached hydrogen (secondary N) is 1. The summed E-state index contributed by atoms with van der Waals surface area (Å²) in [5.41, 5.74) is 4.46. The van der Waals surface area contributed by atoms with Crippen molar-refractivity contribution in [3.8, 4) is 0 Å². The number of benzene rings is 1. The minimum atomic E-state index is 0.628. The van der Waals surface area contributed by atoms with E-state index in [4.69, 9.17) is 0 Å². The van der Waals surface area contributed by atoms with E-state index < -0.39 is 0 Å². The Bertz CT molecular complexity index is 583. The van der Waals surface area contributed by atoms with Crippen LogP contribution in [0.2, 0.25) is 0 Å². The average molecular weight is 283 g/mol. The van der Waals surface area contributed by atoms with Crippen molar-refractivity contribution in [3.63, 3.8) is 0 Å². The molecule has 2 heteroatoms. The third-order valence-corrected chi connectivity index (χ3v) is 5.10. The van der Waals surface area contributed by atoms with Gasteiger partial charge >= 0.3 is 0 Å². The molecule has 0 radical (unpaired) electrons. The number of fused-ring (bicyclic) bond motifs is 1. The molecule has 2 aromatic rings. The molecule has 0 spiro atoms. The molecular formula is C18H21NS. The Morgan fingerprint density at radius 3 is 3.00 bits per heavy atom. The Labute approximate surface area is 125 Å². The Kier molecular flexibility index (Phi) is 4.34. The zero-order valence-corrected chi connectivity index (χ0v) is 12.7. The smallest absolute Gasteiger partial charge is 0.00799 e. The molecule has 1 aromatic heterocycles. The fraction of sp³-hybridized carbons (Fsp3) is 0.333. The minimum Gasteiger partial charge on any atom is -0.320 e. The summed E-state index contributed by atoms with van der Waals surface area (Å²) in [6, 6.07) is 11.2. The van der Waals surface area contributed by atoms with Gasteiger partial charge in [-0.05, 0) is 66.9 Å². The van der Waals surface area contributed by atoms with E-state index in [-0.39, 0.29) is 0 Å². The van der Waals surface area contributed by atoms with Crippen LogP contribution in [0.25, 0.3) is 6.08 Å². The number of thiophene rings is 1. The van der Waals surface area contributed by atoms with E-state index >= 15 is 0 Å². The average Bonchev–Trinajstić information content (AvgIpc) is 3.14. The van der Waals surface area contributed by atoms with Gasteiger partial charge in [-0.1, -0.05) is 36.4 Å². The molecule has 1 atom stereocenters. The summed E-state index contributed by atoms with van der Waals surface area (Å²) in [5.74, 6) is 0.628. The summed E-state index contributed by atoms with van der Waals surface area (Å²) in [6.07, 6.45) is 8.03. The molecule has 0 saturated carbocycles. The Morgan fingerprint density at radius 2 is 2.20 bits per heavy atom. The van der Waals surface area contributed by atoms with Crippen LogP contribution in [0.4, 0.5) is 0 Å². The highest BCUT2D eigenvalue weighted by Gasteiger charge is 2.17. The van der Waals surface area contributed by atoms with Gasteiger partial charge in [0.25, 0.3) is 0 Å². The highest BCUT2D eigenvalue weighted by atomic mass is 32.1. The third-order valence-electron chi connectivity index (χ3n) is 4.06. The maximum absolute atomic E-state index is 3.29. The molecule has 0 aliphatic heterocycles. The van der Waals surface area contributed by atoms with E-state index in [9.17, 15) is 0 Å². The summed E-state index contributed by atoms with van der Waals surface area (Å²) < 4.78 is 0. The molecule has 0 amide bonds. The van der Waals surface area contributed by atoms with E-state index in [1.54, 1.807) is 0 Å². The van der Waals surface area contributed by atoms with Crippen molar-refractivity contribution < 1.29 is 0 Å². The van der Waals surface area contributed by atoms with Gasteiger partial charge in [-0.3, -0.25) is 0 Å². The van der Waals surface area contributed by atoms with Crippen molar-refractivity contribution in [2.24, 2.45) is 0 Å². The first kappa shape index (κ1) is 13.6. The number of hydrogen-bond donors (Lipinski definition) is 1. The van der Waals surface area contributed by atoms with Gasteiger partial charge in [0.05, 0.1) is 0 Å². The lowest BCUT2D eigenvalue weighted by Crippen LogP contribution is -2.13. The van der Waals surface area contributed by atoms with Crippen molar-refractivity contribution in [1.29, 1.82) is 0 Å². The van der Waals surface area contributed by atoms with E-state index in [0.29, 0.717) is 5.92 Å². The van der Waals surface area contributed by atoms with Crippen molar-refractivity contribution in [3.05, 3.63) is 63.4 Å². The van der Waals surface area contributed by atoms with Gasteiger partial charge in [0.2, 0.25) is 0 Å². The molecule has 1 aromatic carbocycles. The molecule has 1 aliphatic rings. The van der Waals surface area contributed by atoms with Crippen molar-refractivity contribution in [2.75, 3.05) is 13.6 Å². The first-order valence-electron chi connectivity index (χ1n) is 7.34. The second-order valence-electron chi connectivity index (χ2n) is 5.41. The SMILES string of the molecule is CNCCC(Cc1cccc2c1C=CC2)c1cccs1. The van der Waals surface area contributed by atoms with Crippen molar-refractivity contribution >= 4 is 17.4 Å². The monoisotopic (exact) mass is 283 g/mol. The molecule has 0 fully saturated rings. The second kappa shape index (κ2) is 6.38. The third kappa shape index (κ3) is 2.87. The number of hydrogen-bond acceptors (Lipinski definition) is 2. The normalized spacial score (nSPS) is 14.4. The zero-order valence-electron chi connectivity index (χ0n) is 11.9. The minimum absolute atomic E-state index is 0.628. The maximum Gasteiger partial charge on any atom is 0.00799 e. The van der Waals surface area contributed by atoms with Gasteiger partial charge in [0, 0.05) is 4.88 Å². The van der Waals surface area contributed by atoms with Crippen molar-refractivity contribution in [2.45, 2.75) is 25.2 Å². The highest BCUT2D eigenvalue weighted by molar-refractivity contribution is 7.10. The number of allylic oxidation sites excluding steroid dienone is 1. The van der Waals surface area contributed by atoms with Crippen LogP contribution < -0.4 is 5.32 Å². The lowest BCUT2D eigenvalue weighted by Gasteiger charge is -2.17. The van der Waals surface area contributed by atoms with Gasteiger partial charge in [0.1, 0.15) is 0 Å². The van der Waals surface area contributed by atoms with E-state index in [0.717, 1.165) is 19.4 Å². The first-order chi connectivity index (χ1) is 9.88. The van der Waals surface area contributed by atoms with Gasteiger partial charge in [-0.25, -0.2) is 0 Å². The van der Waals surface area contributed by atoms with Crippen LogP contribution in [-0.4, -0.2) is 13.6 Å². The van der Waals surface area contributed by atoms with Crippen LogP contribution in [0.5, 0.6) is 0 Å². The summed E-state index contributed by atoms with van der Waals surface area (Å²) in [4.78, 5) is 1.51. The predicted octanol–water partition coefficient (Wildman–Crippen LogP) is 4.25. The molecule has 104 valence electrons. The topological polar surface area (TPSA) is 12.0 Å². The Morgan fingerprint density at radius 1 is 1.25 bits per heavy atom. The molecule has 1 heterocycles. The fourth-order valence-corrected chi connectivity index (χ4v) is 3.86. The maximum atomic E-state index is 3.29. The summed E-state index contributed by atoms with van der Waals surface area (Å²) >= 11 is 1.89. The molecule has 1 aliphatic carbocycles. The molecule has 1 nitrogen and oxygen atoms in total. The van der Waals surface area contributed by atoms with E-state index in [2.05, 4.69) is 53.2 Å². The van der Waals surface area contributed by atoms with Crippen LogP contribution in [0.3, 0.4) is 0 Å². The largest absolute Gasteiger partial charge is 0.320 e. The Balaban J connectivity index is 1.83. The summed E-state index contributed by atoms with van der Waals surface area (Å²) in [5, 5.41) is 5.48. The lowest BCUT2D eigenvalue weighted by atomic mass is 9.91. The first-order valence-corrected chi connectivity index (χ1v) is 8.21. The van der Waals surface area contributed by atoms with Gasteiger partial charge in [-0.2, -0.15) is 0 Å². The summed E-state index contributed by atoms with van der Waals surface area (Å²) in [6.45, 7) is 1.08. The van der Waals surface area contributed by atoms with E-state index in [1.165, 1.54) is 28.0 Å². The van der Waals surface area contributed by atoms with Gasteiger partial charge < -0.3 is 5.32 Å². The Hall–Kier alpha value is -1.38. The zero-order chi connectivity index (χ0) is 13.8. The standard InChI is InChI=1S/C18H21NS/c1-19-11-10-16(18-9-4-12-20-18)13-15-7-2-5-14-6-3-8-17(14)15/h2-5,7-9,12,16,19H,6,10-11,13H2,1H3. The predicted molar refractivity (Wildman–Crippen MR) is 88.5 cm³/mol. The van der Waals surface area contributed by atoms with Gasteiger partial charge in [-0.15, -0.1) is 11.3 Å². The van der Waals surface area contributed by atoms with E-state index in [1.807, 2.05) is 18.4 Å². The van der Waals surface area contributed by atoms with Crippen LogP contribution in [0.15, 0.2) is 41.8 Å². The fourth-order valence-electron chi connectivity index (χ4n) is 2.99. The molecule has 0 saturated heterocycles. The summed E-state index contributed by atoms with van der Waals surface area (Å²) in [7, 11) is 2.04. The van der Waals surface area contributed by atoms with Crippen LogP contribution in [0.1, 0.15) is 33.9 Å². The van der Waals surface area contributed by atoms with Gasteiger partial charge in [0.15, 0.2) is 0 Å². The van der Waals surface area contributed by atoms with Crippen LogP contribution in [0, 0.1) is 0 Å². The second-order valence-corrected chi connectivity index (χ2v) is 6.38. The molecule has 20 heavy (non-hydrogen) atoms. The molecule has 1 unspecified atom stereocenters. The van der Waals surface area contributed by atoms with Crippen LogP contribution >= 0.6 is 11.3 Å².